The normalized spacial score (nSPS) is 27.3. The maximum Gasteiger partial charge on any atom is 0.0639 e. The van der Waals surface area contributed by atoms with Crippen molar-refractivity contribution in [1.82, 2.24) is 4.90 Å². The minimum Gasteiger partial charge on any atom is -0.392 e. The van der Waals surface area contributed by atoms with Gasteiger partial charge < -0.3 is 5.11 Å². The van der Waals surface area contributed by atoms with Crippen molar-refractivity contribution in [2.75, 3.05) is 13.1 Å². The Morgan fingerprint density at radius 3 is 2.55 bits per heavy atom. The predicted octanol–water partition coefficient (Wildman–Crippen LogP) is 1.24. The van der Waals surface area contributed by atoms with Crippen molar-refractivity contribution in [3.8, 4) is 0 Å². The molecule has 1 aliphatic heterocycles. The summed E-state index contributed by atoms with van der Waals surface area (Å²) in [5.74, 6) is 0. The van der Waals surface area contributed by atoms with E-state index in [0.29, 0.717) is 5.54 Å². The van der Waals surface area contributed by atoms with Gasteiger partial charge in [0.2, 0.25) is 0 Å². The van der Waals surface area contributed by atoms with Crippen LogP contribution in [0.15, 0.2) is 0 Å². The Balaban J connectivity index is 2.45. The number of hydrogen-bond acceptors (Lipinski definition) is 2. The van der Waals surface area contributed by atoms with Crippen molar-refractivity contribution >= 4 is 0 Å². The summed E-state index contributed by atoms with van der Waals surface area (Å²) in [6, 6.07) is 0. The summed E-state index contributed by atoms with van der Waals surface area (Å²) >= 11 is 0. The van der Waals surface area contributed by atoms with Gasteiger partial charge in [-0.05, 0) is 40.2 Å². The van der Waals surface area contributed by atoms with Crippen molar-refractivity contribution in [3.05, 3.63) is 0 Å². The minimum atomic E-state index is -0.188. The van der Waals surface area contributed by atoms with E-state index in [0.717, 1.165) is 13.1 Å². The van der Waals surface area contributed by atoms with E-state index < -0.39 is 0 Å². The summed E-state index contributed by atoms with van der Waals surface area (Å²) in [7, 11) is 0. The maximum absolute atomic E-state index is 9.20. The Labute approximate surface area is 69.2 Å². The molecule has 0 radical (unpaired) electrons. The van der Waals surface area contributed by atoms with Crippen LogP contribution in [0.4, 0.5) is 0 Å². The Morgan fingerprint density at radius 2 is 2.18 bits per heavy atom. The fourth-order valence-electron chi connectivity index (χ4n) is 1.82. The van der Waals surface area contributed by atoms with Crippen molar-refractivity contribution in [2.24, 2.45) is 0 Å². The molecule has 1 atom stereocenters. The molecular weight excluding hydrogens is 138 g/mol. The number of likely N-dealkylation sites (tertiary alicyclic amines) is 1. The average Bonchev–Trinajstić information content (AvgIpc) is 2.10. The van der Waals surface area contributed by atoms with Crippen molar-refractivity contribution < 1.29 is 5.11 Å². The first-order valence-corrected chi connectivity index (χ1v) is 4.45. The van der Waals surface area contributed by atoms with Crippen LogP contribution in [0, 0.1) is 0 Å². The van der Waals surface area contributed by atoms with Gasteiger partial charge in [-0.1, -0.05) is 0 Å². The summed E-state index contributed by atoms with van der Waals surface area (Å²) < 4.78 is 0. The van der Waals surface area contributed by atoms with Crippen LogP contribution in [0.25, 0.3) is 0 Å². The maximum atomic E-state index is 9.20. The van der Waals surface area contributed by atoms with Crippen molar-refractivity contribution in [1.29, 1.82) is 0 Å². The molecule has 0 aromatic rings. The van der Waals surface area contributed by atoms with E-state index in [9.17, 15) is 5.11 Å². The Hall–Kier alpha value is -0.0800. The third kappa shape index (κ3) is 2.17. The van der Waals surface area contributed by atoms with Crippen molar-refractivity contribution in [2.45, 2.75) is 45.3 Å². The van der Waals surface area contributed by atoms with E-state index in [4.69, 9.17) is 0 Å². The molecule has 1 rings (SSSR count). The SMILES string of the molecule is C[C@@H](O)CN1CCCC1(C)C. The molecule has 2 heteroatoms. The summed E-state index contributed by atoms with van der Waals surface area (Å²) in [4.78, 5) is 2.37. The second-order valence-electron chi connectivity index (χ2n) is 4.21. The summed E-state index contributed by atoms with van der Waals surface area (Å²) in [5.41, 5.74) is 0.316. The van der Waals surface area contributed by atoms with E-state index in [2.05, 4.69) is 18.7 Å². The fourth-order valence-corrected chi connectivity index (χ4v) is 1.82. The second kappa shape index (κ2) is 3.11. The molecule has 1 fully saturated rings. The average molecular weight is 157 g/mol. The van der Waals surface area contributed by atoms with Crippen LogP contribution in [0.1, 0.15) is 33.6 Å². The third-order valence-electron chi connectivity index (χ3n) is 2.56. The zero-order valence-corrected chi connectivity index (χ0v) is 7.80. The molecule has 1 saturated heterocycles. The molecule has 0 aromatic carbocycles. The molecule has 0 saturated carbocycles. The lowest BCUT2D eigenvalue weighted by atomic mass is 10.0. The predicted molar refractivity (Wildman–Crippen MR) is 46.6 cm³/mol. The van der Waals surface area contributed by atoms with E-state index in [1.165, 1.54) is 12.8 Å². The lowest BCUT2D eigenvalue weighted by molar-refractivity contribution is 0.0884. The molecule has 1 heterocycles. The molecule has 0 aliphatic carbocycles. The number of rotatable bonds is 2. The van der Waals surface area contributed by atoms with Crippen LogP contribution in [0.2, 0.25) is 0 Å². The monoisotopic (exact) mass is 157 g/mol. The molecule has 2 nitrogen and oxygen atoms in total. The van der Waals surface area contributed by atoms with Crippen molar-refractivity contribution in [3.63, 3.8) is 0 Å². The lowest BCUT2D eigenvalue weighted by Crippen LogP contribution is -2.41. The Kier molecular flexibility index (Phi) is 2.55. The zero-order chi connectivity index (χ0) is 8.48. The third-order valence-corrected chi connectivity index (χ3v) is 2.56. The van der Waals surface area contributed by atoms with Gasteiger partial charge >= 0.3 is 0 Å². The summed E-state index contributed by atoms with van der Waals surface area (Å²) in [6.45, 7) is 8.34. The molecule has 0 unspecified atom stereocenters. The molecular formula is C9H19NO. The highest BCUT2D eigenvalue weighted by molar-refractivity contribution is 4.88. The van der Waals surface area contributed by atoms with Crippen LogP contribution in [0.3, 0.4) is 0 Å². The van der Waals surface area contributed by atoms with Crippen LogP contribution >= 0.6 is 0 Å². The standard InChI is InChI=1S/C9H19NO/c1-8(11)7-10-6-4-5-9(10,2)3/h8,11H,4-7H2,1-3H3/t8-/m1/s1. The highest BCUT2D eigenvalue weighted by atomic mass is 16.3. The summed E-state index contributed by atoms with van der Waals surface area (Å²) in [5, 5.41) is 9.20. The van der Waals surface area contributed by atoms with Gasteiger partial charge in [0.15, 0.2) is 0 Å². The topological polar surface area (TPSA) is 23.5 Å². The lowest BCUT2D eigenvalue weighted by Gasteiger charge is -2.32. The molecule has 1 N–H and O–H groups in total. The van der Waals surface area contributed by atoms with E-state index in [-0.39, 0.29) is 6.10 Å². The second-order valence-corrected chi connectivity index (χ2v) is 4.21. The molecule has 0 bridgehead atoms. The van der Waals surface area contributed by atoms with Gasteiger partial charge in [0.25, 0.3) is 0 Å². The fraction of sp³-hybridized carbons (Fsp3) is 1.00. The van der Waals surface area contributed by atoms with E-state index >= 15 is 0 Å². The molecule has 11 heavy (non-hydrogen) atoms. The van der Waals surface area contributed by atoms with Crippen LogP contribution in [-0.2, 0) is 0 Å². The largest absolute Gasteiger partial charge is 0.392 e. The number of nitrogens with zero attached hydrogens (tertiary/aromatic N) is 1. The van der Waals surface area contributed by atoms with Gasteiger partial charge in [-0.25, -0.2) is 0 Å². The van der Waals surface area contributed by atoms with Crippen LogP contribution in [-0.4, -0.2) is 34.7 Å². The van der Waals surface area contributed by atoms with Gasteiger partial charge in [0.05, 0.1) is 6.10 Å². The van der Waals surface area contributed by atoms with Crippen LogP contribution in [0.5, 0.6) is 0 Å². The first-order valence-electron chi connectivity index (χ1n) is 4.45. The smallest absolute Gasteiger partial charge is 0.0639 e. The molecule has 66 valence electrons. The van der Waals surface area contributed by atoms with Crippen LogP contribution < -0.4 is 0 Å². The Morgan fingerprint density at radius 1 is 1.55 bits per heavy atom. The molecule has 0 aromatic heterocycles. The van der Waals surface area contributed by atoms with E-state index in [1.807, 2.05) is 6.92 Å². The highest BCUT2D eigenvalue weighted by Gasteiger charge is 2.31. The number of β-amino-alcohol motifs (C(OH)–C–C–N with tert-alkyl or cyclic N) is 1. The minimum absolute atomic E-state index is 0.188. The van der Waals surface area contributed by atoms with Gasteiger partial charge in [0, 0.05) is 12.1 Å². The number of aliphatic hydroxyl groups excluding tert-OH is 1. The van der Waals surface area contributed by atoms with Gasteiger partial charge in [-0.15, -0.1) is 0 Å². The van der Waals surface area contributed by atoms with Gasteiger partial charge in [-0.2, -0.15) is 0 Å². The number of aliphatic hydroxyl groups is 1. The first-order chi connectivity index (χ1) is 5.02. The highest BCUT2D eigenvalue weighted by Crippen LogP contribution is 2.27. The number of hydrogen-bond donors (Lipinski definition) is 1. The first kappa shape index (κ1) is 9.01. The Bertz CT molecular complexity index is 132. The zero-order valence-electron chi connectivity index (χ0n) is 7.80. The van der Waals surface area contributed by atoms with E-state index in [1.54, 1.807) is 0 Å². The molecule has 0 spiro atoms. The molecule has 1 aliphatic rings. The van der Waals surface area contributed by atoms with Gasteiger partial charge in [-0.3, -0.25) is 4.90 Å². The molecule has 0 amide bonds. The van der Waals surface area contributed by atoms with Gasteiger partial charge in [0.1, 0.15) is 0 Å². The summed E-state index contributed by atoms with van der Waals surface area (Å²) in [6.07, 6.45) is 2.35. The quantitative estimate of drug-likeness (QED) is 0.652.